The molecule has 0 heterocycles. The van der Waals surface area contributed by atoms with E-state index in [-0.39, 0.29) is 16.5 Å². The quantitative estimate of drug-likeness (QED) is 0.349. The second kappa shape index (κ2) is 6.00. The van der Waals surface area contributed by atoms with Gasteiger partial charge in [-0.2, -0.15) is 21.6 Å². The molecule has 10 heteroatoms. The third kappa shape index (κ3) is 3.63. The lowest BCUT2D eigenvalue weighted by Gasteiger charge is -2.12. The summed E-state index contributed by atoms with van der Waals surface area (Å²) in [5, 5.41) is 0.0389. The first-order valence-electron chi connectivity index (χ1n) is 4.90. The average molecular weight is 377 g/mol. The lowest BCUT2D eigenvalue weighted by molar-refractivity contribution is -0.0500. The number of hydrogen-bond donors (Lipinski definition) is 0. The molecule has 112 valence electrons. The van der Waals surface area contributed by atoms with Crippen molar-refractivity contribution in [2.45, 2.75) is 10.8 Å². The lowest BCUT2D eigenvalue weighted by atomic mass is 10.1. The van der Waals surface area contributed by atoms with Gasteiger partial charge in [0.25, 0.3) is 0 Å². The van der Waals surface area contributed by atoms with Gasteiger partial charge in [-0.3, -0.25) is 0 Å². The molecule has 0 saturated carbocycles. The van der Waals surface area contributed by atoms with Crippen molar-refractivity contribution in [1.82, 2.24) is 0 Å². The molecule has 20 heavy (non-hydrogen) atoms. The van der Waals surface area contributed by atoms with Gasteiger partial charge in [-0.05, 0) is 12.1 Å². The minimum atomic E-state index is -5.81. The van der Waals surface area contributed by atoms with Crippen LogP contribution in [-0.4, -0.2) is 27.0 Å². The Morgan fingerprint density at radius 2 is 1.95 bits per heavy atom. The molecule has 0 atom stereocenters. The van der Waals surface area contributed by atoms with E-state index < -0.39 is 27.3 Å². The van der Waals surface area contributed by atoms with Gasteiger partial charge in [-0.25, -0.2) is 4.79 Å². The van der Waals surface area contributed by atoms with E-state index in [0.717, 1.165) is 13.2 Å². The highest BCUT2D eigenvalue weighted by molar-refractivity contribution is 9.08. The highest BCUT2D eigenvalue weighted by Gasteiger charge is 2.48. The van der Waals surface area contributed by atoms with Crippen LogP contribution < -0.4 is 4.18 Å². The summed E-state index contributed by atoms with van der Waals surface area (Å²) in [6, 6.07) is 3.39. The second-order valence-corrected chi connectivity index (χ2v) is 5.53. The van der Waals surface area contributed by atoms with Gasteiger partial charge in [0.15, 0.2) is 0 Å². The van der Waals surface area contributed by atoms with Crippen LogP contribution in [-0.2, 0) is 20.2 Å². The third-order valence-electron chi connectivity index (χ3n) is 2.12. The van der Waals surface area contributed by atoms with E-state index >= 15 is 0 Å². The van der Waals surface area contributed by atoms with E-state index in [1.165, 1.54) is 12.1 Å². The minimum absolute atomic E-state index is 0.0389. The fourth-order valence-electron chi connectivity index (χ4n) is 1.15. The Balaban J connectivity index is 3.26. The summed E-state index contributed by atoms with van der Waals surface area (Å²) >= 11 is 2.97. The number of methoxy groups -OCH3 is 1. The van der Waals surface area contributed by atoms with E-state index in [1.54, 1.807) is 0 Å². The highest BCUT2D eigenvalue weighted by Crippen LogP contribution is 2.30. The number of hydrogen-bond acceptors (Lipinski definition) is 5. The molecule has 0 spiro atoms. The second-order valence-electron chi connectivity index (χ2n) is 3.43. The molecule has 0 aliphatic heterocycles. The maximum atomic E-state index is 12.3. The Morgan fingerprint density at radius 1 is 1.35 bits per heavy atom. The highest BCUT2D eigenvalue weighted by atomic mass is 79.9. The molecule has 0 N–H and O–H groups in total. The van der Waals surface area contributed by atoms with Crippen molar-refractivity contribution in [3.05, 3.63) is 29.3 Å². The number of benzene rings is 1. The summed E-state index contributed by atoms with van der Waals surface area (Å²) in [7, 11) is -4.73. The zero-order chi connectivity index (χ0) is 15.6. The summed E-state index contributed by atoms with van der Waals surface area (Å²) in [6.07, 6.45) is 0. The number of ether oxygens (including phenoxy) is 1. The Bertz CT molecular complexity index is 612. The zero-order valence-electron chi connectivity index (χ0n) is 9.90. The molecule has 0 aliphatic carbocycles. The summed E-state index contributed by atoms with van der Waals surface area (Å²) in [5.41, 5.74) is -5.56. The number of halogens is 4. The van der Waals surface area contributed by atoms with Crippen molar-refractivity contribution >= 4 is 32.0 Å². The molecule has 0 fully saturated rings. The molecule has 5 nitrogen and oxygen atoms in total. The molecule has 0 unspecified atom stereocenters. The SMILES string of the molecule is COC(=O)c1ccc(CBr)c(OS(=O)(=O)C(F)(F)F)c1. The molecule has 0 aromatic heterocycles. The van der Waals surface area contributed by atoms with E-state index in [0.29, 0.717) is 0 Å². The fraction of sp³-hybridized carbons (Fsp3) is 0.300. The Kier molecular flexibility index (Phi) is 5.03. The van der Waals surface area contributed by atoms with Gasteiger partial charge >= 0.3 is 21.6 Å². The molecule has 0 aliphatic rings. The fourth-order valence-corrected chi connectivity index (χ4v) is 2.10. The topological polar surface area (TPSA) is 69.7 Å². The summed E-state index contributed by atoms with van der Waals surface area (Å²) in [5.74, 6) is -1.43. The van der Waals surface area contributed by atoms with Gasteiger partial charge in [0.1, 0.15) is 5.75 Å². The third-order valence-corrected chi connectivity index (χ3v) is 3.69. The molecule has 1 rings (SSSR count). The average Bonchev–Trinajstić information content (AvgIpc) is 2.36. The molecule has 0 saturated heterocycles. The largest absolute Gasteiger partial charge is 0.534 e. The van der Waals surface area contributed by atoms with E-state index in [2.05, 4.69) is 24.8 Å². The Hall–Kier alpha value is -1.29. The maximum Gasteiger partial charge on any atom is 0.534 e. The van der Waals surface area contributed by atoms with Gasteiger partial charge in [-0.1, -0.05) is 22.0 Å². The summed E-state index contributed by atoms with van der Waals surface area (Å²) < 4.78 is 67.1. The number of carbonyl (C=O) groups is 1. The van der Waals surface area contributed by atoms with Crippen LogP contribution in [0.4, 0.5) is 13.2 Å². The van der Waals surface area contributed by atoms with E-state index in [1.807, 2.05) is 0 Å². The van der Waals surface area contributed by atoms with Crippen molar-refractivity contribution in [3.63, 3.8) is 0 Å². The van der Waals surface area contributed by atoms with Crippen LogP contribution in [0.15, 0.2) is 18.2 Å². The number of alkyl halides is 4. The van der Waals surface area contributed by atoms with Crippen LogP contribution in [0.2, 0.25) is 0 Å². The normalized spacial score (nSPS) is 12.1. The number of rotatable bonds is 4. The van der Waals surface area contributed by atoms with Crippen LogP contribution in [0.3, 0.4) is 0 Å². The Labute approximate surface area is 120 Å². The first-order valence-corrected chi connectivity index (χ1v) is 7.43. The van der Waals surface area contributed by atoms with Crippen molar-refractivity contribution in [1.29, 1.82) is 0 Å². The van der Waals surface area contributed by atoms with Crippen molar-refractivity contribution in [3.8, 4) is 5.75 Å². The smallest absolute Gasteiger partial charge is 0.465 e. The maximum absolute atomic E-state index is 12.3. The first kappa shape index (κ1) is 16.8. The predicted molar refractivity (Wildman–Crippen MR) is 66.0 cm³/mol. The lowest BCUT2D eigenvalue weighted by Crippen LogP contribution is -2.28. The van der Waals surface area contributed by atoms with Gasteiger partial charge in [0.2, 0.25) is 0 Å². The van der Waals surface area contributed by atoms with Crippen molar-refractivity contribution < 1.29 is 35.3 Å². The van der Waals surface area contributed by atoms with Crippen molar-refractivity contribution in [2.75, 3.05) is 7.11 Å². The molecule has 0 amide bonds. The summed E-state index contributed by atoms with van der Waals surface area (Å²) in [6.45, 7) is 0. The molecule has 1 aromatic carbocycles. The van der Waals surface area contributed by atoms with Crippen LogP contribution in [0, 0.1) is 0 Å². The number of carbonyl (C=O) groups excluding carboxylic acids is 1. The monoisotopic (exact) mass is 376 g/mol. The van der Waals surface area contributed by atoms with Gasteiger partial charge in [0.05, 0.1) is 12.7 Å². The van der Waals surface area contributed by atoms with Crippen molar-refractivity contribution in [2.24, 2.45) is 0 Å². The molecule has 0 radical (unpaired) electrons. The number of esters is 1. The van der Waals surface area contributed by atoms with Crippen LogP contribution in [0.1, 0.15) is 15.9 Å². The van der Waals surface area contributed by atoms with E-state index in [9.17, 15) is 26.4 Å². The van der Waals surface area contributed by atoms with E-state index in [4.69, 9.17) is 0 Å². The van der Waals surface area contributed by atoms with Crippen LogP contribution in [0.5, 0.6) is 5.75 Å². The van der Waals surface area contributed by atoms with Gasteiger partial charge < -0.3 is 8.92 Å². The molecule has 1 aromatic rings. The first-order chi connectivity index (χ1) is 9.12. The predicted octanol–water partition coefficient (Wildman–Crippen LogP) is 2.60. The minimum Gasteiger partial charge on any atom is -0.465 e. The summed E-state index contributed by atoms with van der Waals surface area (Å²) in [4.78, 5) is 11.3. The van der Waals surface area contributed by atoms with Crippen LogP contribution >= 0.6 is 15.9 Å². The molecular formula is C10H8BrF3O5S. The Morgan fingerprint density at radius 3 is 2.40 bits per heavy atom. The van der Waals surface area contributed by atoms with Crippen LogP contribution in [0.25, 0.3) is 0 Å². The van der Waals surface area contributed by atoms with Gasteiger partial charge in [-0.15, -0.1) is 0 Å². The zero-order valence-corrected chi connectivity index (χ0v) is 12.3. The molecule has 0 bridgehead atoms. The molecular weight excluding hydrogens is 369 g/mol. The standard InChI is InChI=1S/C10H8BrF3O5S/c1-18-9(15)6-2-3-7(5-11)8(4-6)19-20(16,17)10(12,13)14/h2-4H,5H2,1H3. The van der Waals surface area contributed by atoms with Gasteiger partial charge in [0, 0.05) is 10.9 Å².